The Balaban J connectivity index is 2.17. The lowest BCUT2D eigenvalue weighted by atomic mass is 9.75. The molecule has 2 fully saturated rings. The summed E-state index contributed by atoms with van der Waals surface area (Å²) in [7, 11) is 0. The Morgan fingerprint density at radius 1 is 1.29 bits per heavy atom. The lowest BCUT2D eigenvalue weighted by Gasteiger charge is -2.42. The number of amides is 1. The molecule has 0 aromatic carbocycles. The normalized spacial score (nSPS) is 23.6. The van der Waals surface area contributed by atoms with Crippen LogP contribution in [0, 0.1) is 5.92 Å². The van der Waals surface area contributed by atoms with Gasteiger partial charge in [0, 0.05) is 13.0 Å². The number of carbonyl (C=O) groups excluding carboxylic acids is 1. The average Bonchev–Trinajstić information content (AvgIpc) is 2.95. The molecule has 4 nitrogen and oxygen atoms in total. The maximum atomic E-state index is 11.7. The van der Waals surface area contributed by atoms with E-state index < -0.39 is 11.5 Å². The summed E-state index contributed by atoms with van der Waals surface area (Å²) in [5.41, 5.74) is -1.00. The summed E-state index contributed by atoms with van der Waals surface area (Å²) in [6, 6.07) is 0.161. The minimum Gasteiger partial charge on any atom is -0.480 e. The number of aliphatic carboxylic acids is 1. The number of carboxylic acids is 1. The van der Waals surface area contributed by atoms with Gasteiger partial charge < -0.3 is 10.0 Å². The van der Waals surface area contributed by atoms with E-state index in [4.69, 9.17) is 0 Å². The third kappa shape index (κ3) is 2.31. The summed E-state index contributed by atoms with van der Waals surface area (Å²) in [4.78, 5) is 24.9. The molecule has 0 bridgehead atoms. The number of hydrogen-bond donors (Lipinski definition) is 1. The van der Waals surface area contributed by atoms with Crippen LogP contribution in [0.5, 0.6) is 0 Å². The van der Waals surface area contributed by atoms with E-state index in [1.54, 1.807) is 11.8 Å². The number of hydrogen-bond acceptors (Lipinski definition) is 2. The van der Waals surface area contributed by atoms with Gasteiger partial charge in [0.15, 0.2) is 0 Å². The van der Waals surface area contributed by atoms with E-state index in [1.807, 2.05) is 0 Å². The van der Waals surface area contributed by atoms with E-state index in [9.17, 15) is 14.7 Å². The smallest absolute Gasteiger partial charge is 0.329 e. The summed E-state index contributed by atoms with van der Waals surface area (Å²) < 4.78 is 0. The molecule has 1 atom stereocenters. The van der Waals surface area contributed by atoms with Gasteiger partial charge in [0.1, 0.15) is 5.54 Å². The van der Waals surface area contributed by atoms with Crippen LogP contribution in [0.2, 0.25) is 0 Å². The van der Waals surface area contributed by atoms with Crippen molar-refractivity contribution in [2.24, 2.45) is 5.92 Å². The van der Waals surface area contributed by atoms with E-state index >= 15 is 0 Å². The molecule has 17 heavy (non-hydrogen) atoms. The molecule has 2 rings (SSSR count). The first-order valence-corrected chi connectivity index (χ1v) is 6.48. The largest absolute Gasteiger partial charge is 0.480 e. The summed E-state index contributed by atoms with van der Waals surface area (Å²) in [6.45, 7) is 3.20. The van der Waals surface area contributed by atoms with Gasteiger partial charge in [0.05, 0.1) is 0 Å². The topological polar surface area (TPSA) is 57.6 Å². The fourth-order valence-electron chi connectivity index (χ4n) is 2.89. The molecule has 1 N–H and O–H groups in total. The molecule has 0 aromatic rings. The van der Waals surface area contributed by atoms with Crippen molar-refractivity contribution in [3.05, 3.63) is 0 Å². The predicted octanol–water partition coefficient (Wildman–Crippen LogP) is 2.03. The molecule has 0 spiro atoms. The predicted molar refractivity (Wildman–Crippen MR) is 63.5 cm³/mol. The molecule has 4 heteroatoms. The maximum absolute atomic E-state index is 11.7. The highest BCUT2D eigenvalue weighted by Gasteiger charge is 2.49. The zero-order valence-electron chi connectivity index (χ0n) is 10.6. The minimum absolute atomic E-state index is 0.100. The van der Waals surface area contributed by atoms with Crippen molar-refractivity contribution in [1.29, 1.82) is 0 Å². The Morgan fingerprint density at radius 3 is 2.18 bits per heavy atom. The van der Waals surface area contributed by atoms with Crippen LogP contribution in [0.1, 0.15) is 52.4 Å². The molecule has 2 aliphatic rings. The van der Waals surface area contributed by atoms with E-state index in [0.29, 0.717) is 12.3 Å². The van der Waals surface area contributed by atoms with Crippen molar-refractivity contribution in [1.82, 2.24) is 4.90 Å². The van der Waals surface area contributed by atoms with Gasteiger partial charge in [-0.15, -0.1) is 0 Å². The molecule has 0 aliphatic heterocycles. The van der Waals surface area contributed by atoms with E-state index in [0.717, 1.165) is 25.7 Å². The van der Waals surface area contributed by atoms with Crippen LogP contribution < -0.4 is 0 Å². The van der Waals surface area contributed by atoms with Crippen LogP contribution in [0.25, 0.3) is 0 Å². The highest BCUT2D eigenvalue weighted by Crippen LogP contribution is 2.40. The Hall–Kier alpha value is -1.06. The third-order valence-electron chi connectivity index (χ3n) is 4.15. The zero-order chi connectivity index (χ0) is 12.6. The summed E-state index contributed by atoms with van der Waals surface area (Å²) in [5, 5.41) is 9.50. The summed E-state index contributed by atoms with van der Waals surface area (Å²) in [5.74, 6) is -0.472. The minimum atomic E-state index is -1.00. The Morgan fingerprint density at radius 2 is 1.88 bits per heavy atom. The van der Waals surface area contributed by atoms with Gasteiger partial charge >= 0.3 is 5.97 Å². The van der Waals surface area contributed by atoms with Crippen LogP contribution in [0.15, 0.2) is 0 Å². The first kappa shape index (κ1) is 12.4. The Kier molecular flexibility index (Phi) is 3.15. The number of carboxylic acid groups (broad SMARTS) is 1. The molecule has 96 valence electrons. The maximum Gasteiger partial charge on any atom is 0.329 e. The van der Waals surface area contributed by atoms with Crippen LogP contribution in [0.4, 0.5) is 0 Å². The lowest BCUT2D eigenvalue weighted by molar-refractivity contribution is -0.160. The molecule has 2 aliphatic carbocycles. The molecule has 2 saturated carbocycles. The van der Waals surface area contributed by atoms with Crippen molar-refractivity contribution >= 4 is 11.9 Å². The Labute approximate surface area is 102 Å². The zero-order valence-corrected chi connectivity index (χ0v) is 10.6. The van der Waals surface area contributed by atoms with Crippen molar-refractivity contribution < 1.29 is 14.7 Å². The summed E-state index contributed by atoms with van der Waals surface area (Å²) >= 11 is 0. The molecule has 0 aromatic heterocycles. The van der Waals surface area contributed by atoms with Gasteiger partial charge in [-0.05, 0) is 32.1 Å². The van der Waals surface area contributed by atoms with Crippen molar-refractivity contribution in [2.45, 2.75) is 64.0 Å². The number of rotatable bonds is 5. The average molecular weight is 239 g/mol. The van der Waals surface area contributed by atoms with E-state index in [-0.39, 0.29) is 11.9 Å². The van der Waals surface area contributed by atoms with Crippen LogP contribution in [-0.2, 0) is 9.59 Å². The van der Waals surface area contributed by atoms with Gasteiger partial charge in [0.25, 0.3) is 0 Å². The molecular formula is C13H21NO3. The SMILES string of the molecule is CC(=O)N(C1CC1)C(C)(CC1CCC1)C(=O)O. The van der Waals surface area contributed by atoms with Gasteiger partial charge in [-0.2, -0.15) is 0 Å². The van der Waals surface area contributed by atoms with Crippen LogP contribution in [-0.4, -0.2) is 33.5 Å². The number of nitrogens with zero attached hydrogens (tertiary/aromatic N) is 1. The Bertz CT molecular complexity index is 334. The molecular weight excluding hydrogens is 218 g/mol. The second kappa shape index (κ2) is 4.31. The fraction of sp³-hybridized carbons (Fsp3) is 0.846. The number of carbonyl (C=O) groups is 2. The quantitative estimate of drug-likeness (QED) is 0.798. The van der Waals surface area contributed by atoms with E-state index in [1.165, 1.54) is 13.3 Å². The molecule has 0 saturated heterocycles. The second-order valence-electron chi connectivity index (χ2n) is 5.70. The first-order valence-electron chi connectivity index (χ1n) is 6.48. The molecule has 1 amide bonds. The van der Waals surface area contributed by atoms with E-state index in [2.05, 4.69) is 0 Å². The lowest BCUT2D eigenvalue weighted by Crippen LogP contribution is -2.56. The van der Waals surface area contributed by atoms with Gasteiger partial charge in [-0.3, -0.25) is 4.79 Å². The second-order valence-corrected chi connectivity index (χ2v) is 5.70. The third-order valence-corrected chi connectivity index (χ3v) is 4.15. The highest BCUT2D eigenvalue weighted by atomic mass is 16.4. The highest BCUT2D eigenvalue weighted by molar-refractivity contribution is 5.86. The fourth-order valence-corrected chi connectivity index (χ4v) is 2.89. The summed E-state index contributed by atoms with van der Waals surface area (Å²) in [6.07, 6.45) is 5.93. The van der Waals surface area contributed by atoms with Crippen molar-refractivity contribution in [3.8, 4) is 0 Å². The van der Waals surface area contributed by atoms with Crippen LogP contribution >= 0.6 is 0 Å². The van der Waals surface area contributed by atoms with Crippen molar-refractivity contribution in [2.75, 3.05) is 0 Å². The van der Waals surface area contributed by atoms with Gasteiger partial charge in [-0.25, -0.2) is 4.79 Å². The molecule has 0 radical (unpaired) electrons. The van der Waals surface area contributed by atoms with Gasteiger partial charge in [-0.1, -0.05) is 19.3 Å². The van der Waals surface area contributed by atoms with Crippen LogP contribution in [0.3, 0.4) is 0 Å². The molecule has 1 unspecified atom stereocenters. The monoisotopic (exact) mass is 239 g/mol. The molecule has 0 heterocycles. The first-order chi connectivity index (χ1) is 7.95. The van der Waals surface area contributed by atoms with Gasteiger partial charge in [0.2, 0.25) is 5.91 Å². The standard InChI is InChI=1S/C13H21NO3/c1-9(15)14(11-6-7-11)13(2,12(16)17)8-10-4-3-5-10/h10-11H,3-8H2,1-2H3,(H,16,17). The van der Waals surface area contributed by atoms with Crippen molar-refractivity contribution in [3.63, 3.8) is 0 Å².